The summed E-state index contributed by atoms with van der Waals surface area (Å²) in [5.41, 5.74) is 0.0517. The van der Waals surface area contributed by atoms with E-state index in [2.05, 4.69) is 4.98 Å². The molecule has 0 fully saturated rings. The van der Waals surface area contributed by atoms with E-state index < -0.39 is 17.1 Å². The van der Waals surface area contributed by atoms with E-state index in [1.54, 1.807) is 42.5 Å². The summed E-state index contributed by atoms with van der Waals surface area (Å²) in [4.78, 5) is 41.8. The molecule has 0 amide bonds. The van der Waals surface area contributed by atoms with Crippen LogP contribution in [0.4, 0.5) is 4.39 Å². The van der Waals surface area contributed by atoms with Crippen molar-refractivity contribution in [2.45, 2.75) is 26.3 Å². The van der Waals surface area contributed by atoms with Crippen molar-refractivity contribution < 1.29 is 13.9 Å². The third-order valence-corrected chi connectivity index (χ3v) is 5.46. The van der Waals surface area contributed by atoms with Gasteiger partial charge in [-0.05, 0) is 36.8 Å². The fraction of sp³-hybridized carbons (Fsp3) is 0.250. The first-order chi connectivity index (χ1) is 15.8. The number of ether oxygens (including phenoxy) is 1. The molecule has 0 radical (unpaired) electrons. The van der Waals surface area contributed by atoms with Crippen LogP contribution < -0.4 is 16.0 Å². The molecule has 4 rings (SSSR count). The number of halogens is 1. The molecule has 0 saturated heterocycles. The van der Waals surface area contributed by atoms with Gasteiger partial charge in [-0.1, -0.05) is 25.1 Å². The van der Waals surface area contributed by atoms with Crippen LogP contribution in [0.25, 0.3) is 11.2 Å². The maximum Gasteiger partial charge on any atom is 0.332 e. The van der Waals surface area contributed by atoms with Crippen LogP contribution in [0.2, 0.25) is 0 Å². The Labute approximate surface area is 188 Å². The van der Waals surface area contributed by atoms with Crippen LogP contribution in [-0.2, 0) is 20.6 Å². The van der Waals surface area contributed by atoms with Crippen molar-refractivity contribution in [3.63, 3.8) is 0 Å². The molecule has 0 aliphatic rings. The molecular formula is C24H23FN4O4. The molecule has 33 heavy (non-hydrogen) atoms. The van der Waals surface area contributed by atoms with Gasteiger partial charge in [0, 0.05) is 31.6 Å². The molecule has 0 atom stereocenters. The van der Waals surface area contributed by atoms with Crippen LogP contribution in [0, 0.1) is 5.82 Å². The van der Waals surface area contributed by atoms with Gasteiger partial charge in [-0.2, -0.15) is 4.98 Å². The van der Waals surface area contributed by atoms with E-state index in [-0.39, 0.29) is 29.5 Å². The summed E-state index contributed by atoms with van der Waals surface area (Å²) in [6.07, 6.45) is 1.21. The second-order valence-electron chi connectivity index (χ2n) is 7.75. The van der Waals surface area contributed by atoms with E-state index in [9.17, 15) is 18.8 Å². The number of imidazole rings is 1. The first kappa shape index (κ1) is 22.2. The SMILES string of the molecule is CCCC(=O)c1ccc(Oc2nc3c(c(=O)n(C)c(=O)n3C)n2Cc2ccccc2F)cc1. The Morgan fingerprint density at radius 3 is 2.39 bits per heavy atom. The van der Waals surface area contributed by atoms with Crippen molar-refractivity contribution in [3.05, 3.63) is 86.3 Å². The predicted molar refractivity (Wildman–Crippen MR) is 121 cm³/mol. The number of aromatic nitrogens is 4. The second kappa shape index (κ2) is 8.85. The summed E-state index contributed by atoms with van der Waals surface area (Å²) < 4.78 is 24.0. The van der Waals surface area contributed by atoms with E-state index in [4.69, 9.17) is 4.74 Å². The van der Waals surface area contributed by atoms with Crippen molar-refractivity contribution in [3.8, 4) is 11.8 Å². The molecule has 0 N–H and O–H groups in total. The summed E-state index contributed by atoms with van der Waals surface area (Å²) in [7, 11) is 2.87. The minimum Gasteiger partial charge on any atom is -0.425 e. The molecule has 2 aromatic carbocycles. The quantitative estimate of drug-likeness (QED) is 0.403. The van der Waals surface area contributed by atoms with Crippen LogP contribution in [-0.4, -0.2) is 24.5 Å². The van der Waals surface area contributed by atoms with E-state index >= 15 is 0 Å². The summed E-state index contributed by atoms with van der Waals surface area (Å²) >= 11 is 0. The van der Waals surface area contributed by atoms with Gasteiger partial charge in [0.25, 0.3) is 5.56 Å². The molecule has 8 nitrogen and oxygen atoms in total. The molecule has 2 aromatic heterocycles. The van der Waals surface area contributed by atoms with Gasteiger partial charge in [-0.15, -0.1) is 0 Å². The van der Waals surface area contributed by atoms with Gasteiger partial charge in [-0.3, -0.25) is 23.3 Å². The van der Waals surface area contributed by atoms with Crippen LogP contribution in [0.3, 0.4) is 0 Å². The average molecular weight is 450 g/mol. The Morgan fingerprint density at radius 2 is 1.73 bits per heavy atom. The zero-order chi connectivity index (χ0) is 23.7. The Bertz CT molecular complexity index is 1470. The lowest BCUT2D eigenvalue weighted by atomic mass is 10.1. The minimum absolute atomic E-state index is 0.0270. The molecule has 0 bridgehead atoms. The fourth-order valence-electron chi connectivity index (χ4n) is 3.63. The molecule has 0 aliphatic carbocycles. The number of ketones is 1. The first-order valence-electron chi connectivity index (χ1n) is 10.5. The van der Waals surface area contributed by atoms with Gasteiger partial charge < -0.3 is 4.74 Å². The van der Waals surface area contributed by atoms with Crippen molar-refractivity contribution in [1.29, 1.82) is 0 Å². The zero-order valence-electron chi connectivity index (χ0n) is 18.5. The molecule has 2 heterocycles. The molecule has 0 spiro atoms. The summed E-state index contributed by atoms with van der Waals surface area (Å²) in [5.74, 6) is -0.0185. The summed E-state index contributed by atoms with van der Waals surface area (Å²) in [5, 5.41) is 0. The first-order valence-corrected chi connectivity index (χ1v) is 10.5. The number of fused-ring (bicyclic) bond motifs is 1. The highest BCUT2D eigenvalue weighted by Crippen LogP contribution is 2.26. The minimum atomic E-state index is -0.563. The number of benzene rings is 2. The highest BCUT2D eigenvalue weighted by Gasteiger charge is 2.21. The molecule has 9 heteroatoms. The van der Waals surface area contributed by atoms with Gasteiger partial charge in [-0.25, -0.2) is 9.18 Å². The number of aryl methyl sites for hydroxylation is 1. The lowest BCUT2D eigenvalue weighted by Gasteiger charge is -2.11. The van der Waals surface area contributed by atoms with E-state index in [0.717, 1.165) is 11.0 Å². The monoisotopic (exact) mass is 450 g/mol. The number of nitrogens with zero attached hydrogens (tertiary/aromatic N) is 4. The molecule has 4 aromatic rings. The van der Waals surface area contributed by atoms with Gasteiger partial charge in [0.05, 0.1) is 6.54 Å². The van der Waals surface area contributed by atoms with E-state index in [0.29, 0.717) is 23.3 Å². The van der Waals surface area contributed by atoms with Crippen molar-refractivity contribution in [2.75, 3.05) is 0 Å². The zero-order valence-corrected chi connectivity index (χ0v) is 18.5. The molecular weight excluding hydrogens is 427 g/mol. The fourth-order valence-corrected chi connectivity index (χ4v) is 3.63. The summed E-state index contributed by atoms with van der Waals surface area (Å²) in [6.45, 7) is 1.91. The maximum absolute atomic E-state index is 14.4. The number of carbonyl (C=O) groups excluding carboxylic acids is 1. The Morgan fingerprint density at radius 1 is 1.03 bits per heavy atom. The molecule has 0 aliphatic heterocycles. The van der Waals surface area contributed by atoms with Gasteiger partial charge >= 0.3 is 11.7 Å². The van der Waals surface area contributed by atoms with Crippen LogP contribution in [0.1, 0.15) is 35.7 Å². The lowest BCUT2D eigenvalue weighted by Crippen LogP contribution is -2.37. The topological polar surface area (TPSA) is 88.1 Å². The molecule has 0 saturated carbocycles. The highest BCUT2D eigenvalue weighted by molar-refractivity contribution is 5.96. The molecule has 0 unspecified atom stereocenters. The predicted octanol–water partition coefficient (Wildman–Crippen LogP) is 3.40. The van der Waals surface area contributed by atoms with Gasteiger partial charge in [0.1, 0.15) is 11.6 Å². The van der Waals surface area contributed by atoms with Crippen molar-refractivity contribution in [1.82, 2.24) is 18.7 Å². The highest BCUT2D eigenvalue weighted by atomic mass is 19.1. The Balaban J connectivity index is 1.83. The van der Waals surface area contributed by atoms with E-state index in [1.807, 2.05) is 6.92 Å². The summed E-state index contributed by atoms with van der Waals surface area (Å²) in [6, 6.07) is 12.8. The maximum atomic E-state index is 14.4. The smallest absolute Gasteiger partial charge is 0.332 e. The Hall–Kier alpha value is -4.01. The number of hydrogen-bond donors (Lipinski definition) is 0. The van der Waals surface area contributed by atoms with Gasteiger partial charge in [0.2, 0.25) is 0 Å². The van der Waals surface area contributed by atoms with E-state index in [1.165, 1.54) is 29.3 Å². The van der Waals surface area contributed by atoms with Crippen molar-refractivity contribution in [2.24, 2.45) is 14.1 Å². The number of hydrogen-bond acceptors (Lipinski definition) is 5. The largest absolute Gasteiger partial charge is 0.425 e. The number of rotatable bonds is 7. The average Bonchev–Trinajstić information content (AvgIpc) is 3.16. The standard InChI is InChI=1S/C24H23FN4O4/c1-4-7-19(30)15-10-12-17(13-11-15)33-23-26-21-20(22(31)28(3)24(32)27(21)2)29(23)14-16-8-5-6-9-18(16)25/h5-6,8-13H,4,7,14H2,1-3H3. The lowest BCUT2D eigenvalue weighted by molar-refractivity contribution is 0.0981. The normalized spacial score (nSPS) is 11.2. The van der Waals surface area contributed by atoms with Crippen LogP contribution in [0.5, 0.6) is 11.8 Å². The van der Waals surface area contributed by atoms with Gasteiger partial charge in [0.15, 0.2) is 16.9 Å². The third-order valence-electron chi connectivity index (χ3n) is 5.46. The third kappa shape index (κ3) is 4.09. The second-order valence-corrected chi connectivity index (χ2v) is 7.75. The van der Waals surface area contributed by atoms with Crippen LogP contribution in [0.15, 0.2) is 58.1 Å². The number of carbonyl (C=O) groups is 1. The van der Waals surface area contributed by atoms with Crippen molar-refractivity contribution >= 4 is 16.9 Å². The van der Waals surface area contributed by atoms with Crippen LogP contribution >= 0.6 is 0 Å². The number of Topliss-reactive ketones (excluding diaryl/α,β-unsaturated/α-hetero) is 1. The Kier molecular flexibility index (Phi) is 5.95. The molecule has 170 valence electrons.